The van der Waals surface area contributed by atoms with Crippen LogP contribution in [-0.4, -0.2) is 34.5 Å². The number of anilines is 1. The van der Waals surface area contributed by atoms with Gasteiger partial charge in [-0.2, -0.15) is 5.10 Å². The number of nitrogens with one attached hydrogen (secondary N) is 1. The fourth-order valence-corrected chi connectivity index (χ4v) is 2.61. The van der Waals surface area contributed by atoms with E-state index in [-0.39, 0.29) is 5.54 Å². The molecule has 0 bridgehead atoms. The topological polar surface area (TPSA) is 33.1 Å². The van der Waals surface area contributed by atoms with Gasteiger partial charge in [0.2, 0.25) is 0 Å². The standard InChI is InChI=1S/C14H26N4/c1-5-12-8-15-14(4,6-2)11-18(12)13-9-16-17(7-3)10-13/h9-10,12,15H,5-8,11H2,1-4H3. The van der Waals surface area contributed by atoms with Crippen molar-refractivity contribution < 1.29 is 0 Å². The molecule has 2 heterocycles. The van der Waals surface area contributed by atoms with E-state index in [1.54, 1.807) is 0 Å². The highest BCUT2D eigenvalue weighted by atomic mass is 15.3. The zero-order chi connectivity index (χ0) is 13.2. The third-order valence-corrected chi connectivity index (χ3v) is 4.25. The second-order valence-electron chi connectivity index (χ2n) is 5.54. The Labute approximate surface area is 110 Å². The van der Waals surface area contributed by atoms with Crippen LogP contribution in [0.5, 0.6) is 0 Å². The zero-order valence-electron chi connectivity index (χ0n) is 12.1. The smallest absolute Gasteiger partial charge is 0.0756 e. The summed E-state index contributed by atoms with van der Waals surface area (Å²) in [6.07, 6.45) is 6.50. The molecular formula is C14H26N4. The van der Waals surface area contributed by atoms with Crippen LogP contribution >= 0.6 is 0 Å². The average molecular weight is 250 g/mol. The molecule has 2 atom stereocenters. The van der Waals surface area contributed by atoms with Crippen molar-refractivity contribution in [3.63, 3.8) is 0 Å². The van der Waals surface area contributed by atoms with Gasteiger partial charge in [-0.15, -0.1) is 0 Å². The van der Waals surface area contributed by atoms with Gasteiger partial charge in [-0.05, 0) is 26.7 Å². The van der Waals surface area contributed by atoms with Gasteiger partial charge >= 0.3 is 0 Å². The van der Waals surface area contributed by atoms with Crippen LogP contribution in [0.3, 0.4) is 0 Å². The van der Waals surface area contributed by atoms with E-state index in [1.807, 2.05) is 10.9 Å². The first kappa shape index (κ1) is 13.4. The number of hydrogen-bond acceptors (Lipinski definition) is 3. The zero-order valence-corrected chi connectivity index (χ0v) is 12.1. The summed E-state index contributed by atoms with van der Waals surface area (Å²) in [7, 11) is 0. The Hall–Kier alpha value is -1.03. The first-order chi connectivity index (χ1) is 8.61. The van der Waals surface area contributed by atoms with Crippen LogP contribution < -0.4 is 10.2 Å². The molecule has 0 radical (unpaired) electrons. The minimum absolute atomic E-state index is 0.222. The van der Waals surface area contributed by atoms with Crippen molar-refractivity contribution in [3.8, 4) is 0 Å². The van der Waals surface area contributed by atoms with Crippen LogP contribution in [0.15, 0.2) is 12.4 Å². The maximum absolute atomic E-state index is 4.41. The largest absolute Gasteiger partial charge is 0.363 e. The van der Waals surface area contributed by atoms with Crippen LogP contribution in [0.1, 0.15) is 40.5 Å². The summed E-state index contributed by atoms with van der Waals surface area (Å²) in [6.45, 7) is 12.0. The Morgan fingerprint density at radius 1 is 1.44 bits per heavy atom. The molecule has 4 heteroatoms. The molecule has 1 saturated heterocycles. The van der Waals surface area contributed by atoms with Crippen LogP contribution in [-0.2, 0) is 6.54 Å². The number of rotatable bonds is 4. The molecule has 18 heavy (non-hydrogen) atoms. The first-order valence-electron chi connectivity index (χ1n) is 7.16. The van der Waals surface area contributed by atoms with Crippen molar-refractivity contribution in [1.29, 1.82) is 0 Å². The Bertz CT molecular complexity index is 387. The normalized spacial score (nSPS) is 28.7. The lowest BCUT2D eigenvalue weighted by atomic mass is 9.92. The molecule has 102 valence electrons. The van der Waals surface area contributed by atoms with Crippen molar-refractivity contribution in [2.45, 2.75) is 58.7 Å². The lowest BCUT2D eigenvalue weighted by molar-refractivity contribution is 0.276. The van der Waals surface area contributed by atoms with E-state index in [0.29, 0.717) is 6.04 Å². The Morgan fingerprint density at radius 2 is 2.22 bits per heavy atom. The van der Waals surface area contributed by atoms with E-state index in [0.717, 1.165) is 26.1 Å². The molecule has 4 nitrogen and oxygen atoms in total. The van der Waals surface area contributed by atoms with E-state index in [1.165, 1.54) is 12.1 Å². The molecule has 0 amide bonds. The van der Waals surface area contributed by atoms with E-state index >= 15 is 0 Å². The maximum atomic E-state index is 4.41. The molecule has 1 aromatic rings. The van der Waals surface area contributed by atoms with Crippen LogP contribution in [0.4, 0.5) is 5.69 Å². The molecule has 0 aliphatic carbocycles. The molecule has 1 fully saturated rings. The summed E-state index contributed by atoms with van der Waals surface area (Å²) >= 11 is 0. The van der Waals surface area contributed by atoms with Gasteiger partial charge in [-0.1, -0.05) is 13.8 Å². The minimum atomic E-state index is 0.222. The molecule has 0 saturated carbocycles. The molecule has 1 N–H and O–H groups in total. The summed E-state index contributed by atoms with van der Waals surface area (Å²) in [6, 6.07) is 0.583. The predicted molar refractivity (Wildman–Crippen MR) is 76.0 cm³/mol. The van der Waals surface area contributed by atoms with Crippen LogP contribution in [0.2, 0.25) is 0 Å². The second-order valence-corrected chi connectivity index (χ2v) is 5.54. The van der Waals surface area contributed by atoms with E-state index < -0.39 is 0 Å². The average Bonchev–Trinajstić information content (AvgIpc) is 2.87. The number of hydrogen-bond donors (Lipinski definition) is 1. The summed E-state index contributed by atoms with van der Waals surface area (Å²) < 4.78 is 2.01. The monoisotopic (exact) mass is 250 g/mol. The number of aryl methyl sites for hydroxylation is 1. The van der Waals surface area contributed by atoms with E-state index in [9.17, 15) is 0 Å². The summed E-state index contributed by atoms with van der Waals surface area (Å²) in [5.74, 6) is 0. The highest BCUT2D eigenvalue weighted by Crippen LogP contribution is 2.26. The minimum Gasteiger partial charge on any atom is -0.363 e. The Morgan fingerprint density at radius 3 is 2.78 bits per heavy atom. The molecule has 1 aromatic heterocycles. The first-order valence-corrected chi connectivity index (χ1v) is 7.16. The van der Waals surface area contributed by atoms with Gasteiger partial charge in [0.1, 0.15) is 0 Å². The van der Waals surface area contributed by atoms with Crippen molar-refractivity contribution >= 4 is 5.69 Å². The van der Waals surface area contributed by atoms with Crippen molar-refractivity contribution in [2.24, 2.45) is 0 Å². The van der Waals surface area contributed by atoms with Gasteiger partial charge in [0.25, 0.3) is 0 Å². The van der Waals surface area contributed by atoms with Crippen molar-refractivity contribution in [3.05, 3.63) is 12.4 Å². The van der Waals surface area contributed by atoms with Gasteiger partial charge in [0, 0.05) is 37.4 Å². The van der Waals surface area contributed by atoms with Crippen molar-refractivity contribution in [1.82, 2.24) is 15.1 Å². The third-order valence-electron chi connectivity index (χ3n) is 4.25. The summed E-state index contributed by atoms with van der Waals surface area (Å²) in [5, 5.41) is 8.10. The van der Waals surface area contributed by atoms with Gasteiger partial charge in [0.15, 0.2) is 0 Å². The fraction of sp³-hybridized carbons (Fsp3) is 0.786. The summed E-state index contributed by atoms with van der Waals surface area (Å²) in [5.41, 5.74) is 1.49. The Balaban J connectivity index is 2.20. The summed E-state index contributed by atoms with van der Waals surface area (Å²) in [4.78, 5) is 2.53. The molecule has 1 aliphatic rings. The SMILES string of the molecule is CCC1CNC(C)(CC)CN1c1cnn(CC)c1. The fourth-order valence-electron chi connectivity index (χ4n) is 2.61. The number of piperazine rings is 1. The van der Waals surface area contributed by atoms with Gasteiger partial charge in [-0.25, -0.2) is 0 Å². The van der Waals surface area contributed by atoms with Gasteiger partial charge in [0.05, 0.1) is 11.9 Å². The lowest BCUT2D eigenvalue weighted by Crippen LogP contribution is -2.62. The number of nitrogens with zero attached hydrogens (tertiary/aromatic N) is 3. The Kier molecular flexibility index (Phi) is 3.95. The lowest BCUT2D eigenvalue weighted by Gasteiger charge is -2.46. The molecular weight excluding hydrogens is 224 g/mol. The third kappa shape index (κ3) is 2.53. The molecule has 0 spiro atoms. The molecule has 0 aromatic carbocycles. The van der Waals surface area contributed by atoms with Crippen LogP contribution in [0, 0.1) is 0 Å². The molecule has 1 aliphatic heterocycles. The maximum Gasteiger partial charge on any atom is 0.0756 e. The molecule has 2 unspecified atom stereocenters. The van der Waals surface area contributed by atoms with E-state index in [2.05, 4.69) is 49.2 Å². The van der Waals surface area contributed by atoms with Crippen LogP contribution in [0.25, 0.3) is 0 Å². The van der Waals surface area contributed by atoms with Gasteiger partial charge in [-0.3, -0.25) is 4.68 Å². The highest BCUT2D eigenvalue weighted by molar-refractivity contribution is 5.45. The quantitative estimate of drug-likeness (QED) is 0.890. The second kappa shape index (κ2) is 5.31. The molecule has 2 rings (SSSR count). The van der Waals surface area contributed by atoms with Gasteiger partial charge < -0.3 is 10.2 Å². The van der Waals surface area contributed by atoms with Crippen molar-refractivity contribution in [2.75, 3.05) is 18.0 Å². The van der Waals surface area contributed by atoms with E-state index in [4.69, 9.17) is 0 Å². The number of aromatic nitrogens is 2. The highest BCUT2D eigenvalue weighted by Gasteiger charge is 2.34. The predicted octanol–water partition coefficient (Wildman–Crippen LogP) is 2.26.